The minimum absolute atomic E-state index is 0.0254. The van der Waals surface area contributed by atoms with Gasteiger partial charge in [0.05, 0.1) is 5.41 Å². The van der Waals surface area contributed by atoms with Crippen molar-refractivity contribution >= 4 is 40.9 Å². The molecule has 1 aromatic rings. The Balaban J connectivity index is 3.34. The number of carboxylic acids is 1. The van der Waals surface area contributed by atoms with Crippen LogP contribution in [0.3, 0.4) is 0 Å². The minimum Gasteiger partial charge on any atom is -0.481 e. The molecule has 1 rings (SSSR count). The Bertz CT molecular complexity index is 890. The molecule has 33 heavy (non-hydrogen) atoms. The van der Waals surface area contributed by atoms with Gasteiger partial charge < -0.3 is 14.6 Å². The Labute approximate surface area is 199 Å². The van der Waals surface area contributed by atoms with E-state index in [0.29, 0.717) is 11.1 Å². The summed E-state index contributed by atoms with van der Waals surface area (Å²) in [6, 6.07) is 1.66. The first-order valence-electron chi connectivity index (χ1n) is 10.4. The molecule has 184 valence electrons. The fourth-order valence-electron chi connectivity index (χ4n) is 2.72. The Morgan fingerprint density at radius 3 is 1.85 bits per heavy atom. The highest BCUT2D eigenvalue weighted by molar-refractivity contribution is 8.13. The van der Waals surface area contributed by atoms with Gasteiger partial charge in [0.15, 0.2) is 10.9 Å². The summed E-state index contributed by atoms with van der Waals surface area (Å²) in [4.78, 5) is 53.9. The van der Waals surface area contributed by atoms with Crippen LogP contribution in [0.25, 0.3) is 0 Å². The number of carbonyl (C=O) groups excluding carboxylic acids is 3. The van der Waals surface area contributed by atoms with Crippen LogP contribution in [0.15, 0.2) is 12.3 Å². The molecule has 0 saturated carbocycles. The van der Waals surface area contributed by atoms with Crippen molar-refractivity contribution < 1.29 is 33.8 Å². The molecular weight excluding hydrogens is 448 g/mol. The second-order valence-corrected chi connectivity index (χ2v) is 11.3. The molecule has 1 unspecified atom stereocenters. The molecule has 0 saturated heterocycles. The molecule has 1 aromatic heterocycles. The van der Waals surface area contributed by atoms with Crippen molar-refractivity contribution in [1.82, 2.24) is 4.98 Å². The fraction of sp³-hybridized carbons (Fsp3) is 0.609. The zero-order valence-electron chi connectivity index (χ0n) is 20.8. The van der Waals surface area contributed by atoms with E-state index in [2.05, 4.69) is 4.98 Å². The molecular formula is C23H34N2O7S. The third-order valence-corrected chi connectivity index (χ3v) is 5.36. The average molecular weight is 483 g/mol. The van der Waals surface area contributed by atoms with Crippen molar-refractivity contribution in [2.24, 2.45) is 5.41 Å². The topological polar surface area (TPSA) is 123 Å². The molecule has 1 heterocycles. The van der Waals surface area contributed by atoms with Gasteiger partial charge in [-0.3, -0.25) is 9.59 Å². The van der Waals surface area contributed by atoms with Crippen molar-refractivity contribution in [3.05, 3.63) is 23.4 Å². The van der Waals surface area contributed by atoms with Crippen LogP contribution in [0.4, 0.5) is 15.4 Å². The number of imide groups is 1. The molecule has 0 spiro atoms. The molecule has 10 heteroatoms. The van der Waals surface area contributed by atoms with Crippen molar-refractivity contribution in [2.75, 3.05) is 10.7 Å². The highest BCUT2D eigenvalue weighted by atomic mass is 32.2. The standard InChI is InChI=1S/C23H34N2O7S/c1-14-10-16(11-23(9,18(27)28)13-33-15(2)26)12-24-17(14)25(19(29)31-21(3,4)5)20(30)32-22(6,7)8/h10,12H,11,13H2,1-9H3,(H,27,28). The van der Waals surface area contributed by atoms with E-state index in [4.69, 9.17) is 9.47 Å². The molecule has 0 radical (unpaired) electrons. The van der Waals surface area contributed by atoms with Crippen molar-refractivity contribution in [1.29, 1.82) is 0 Å². The lowest BCUT2D eigenvalue weighted by atomic mass is 9.86. The number of carboxylic acid groups (broad SMARTS) is 1. The number of ether oxygens (including phenoxy) is 2. The van der Waals surface area contributed by atoms with Gasteiger partial charge in [-0.2, -0.15) is 4.90 Å². The Kier molecular flexibility index (Phi) is 9.08. The smallest absolute Gasteiger partial charge is 0.425 e. The summed E-state index contributed by atoms with van der Waals surface area (Å²) >= 11 is 0.946. The first-order chi connectivity index (χ1) is 14.8. The monoisotopic (exact) mass is 482 g/mol. The zero-order chi connectivity index (χ0) is 25.8. The van der Waals surface area contributed by atoms with Crippen LogP contribution in [0.5, 0.6) is 0 Å². The fourth-order valence-corrected chi connectivity index (χ4v) is 3.47. The maximum atomic E-state index is 12.8. The number of thioether (sulfide) groups is 1. The van der Waals surface area contributed by atoms with Crippen LogP contribution >= 0.6 is 11.8 Å². The Morgan fingerprint density at radius 1 is 1.00 bits per heavy atom. The highest BCUT2D eigenvalue weighted by Gasteiger charge is 2.36. The lowest BCUT2D eigenvalue weighted by molar-refractivity contribution is -0.146. The number of carbonyl (C=O) groups is 4. The van der Waals surface area contributed by atoms with Crippen LogP contribution in [0.2, 0.25) is 0 Å². The van der Waals surface area contributed by atoms with E-state index in [1.54, 1.807) is 61.5 Å². The number of aromatic nitrogens is 1. The summed E-state index contributed by atoms with van der Waals surface area (Å²) in [7, 11) is 0. The van der Waals surface area contributed by atoms with Gasteiger partial charge in [-0.15, -0.1) is 0 Å². The minimum atomic E-state index is -1.21. The lowest BCUT2D eigenvalue weighted by Gasteiger charge is -2.29. The van der Waals surface area contributed by atoms with Gasteiger partial charge in [0.25, 0.3) is 0 Å². The Morgan fingerprint density at radius 2 is 1.48 bits per heavy atom. The zero-order valence-corrected chi connectivity index (χ0v) is 21.6. The van der Waals surface area contributed by atoms with Crippen LogP contribution in [0, 0.1) is 12.3 Å². The molecule has 1 N–H and O–H groups in total. The predicted molar refractivity (Wildman–Crippen MR) is 127 cm³/mol. The normalized spacial score (nSPS) is 13.6. The first kappa shape index (κ1) is 28.4. The Hall–Kier alpha value is -2.62. The number of hydrogen-bond acceptors (Lipinski definition) is 8. The van der Waals surface area contributed by atoms with Crippen LogP contribution < -0.4 is 4.90 Å². The van der Waals surface area contributed by atoms with E-state index in [1.165, 1.54) is 13.1 Å². The number of amides is 2. The van der Waals surface area contributed by atoms with E-state index < -0.39 is 34.8 Å². The van der Waals surface area contributed by atoms with E-state index in [-0.39, 0.29) is 23.1 Å². The molecule has 1 atom stereocenters. The summed E-state index contributed by atoms with van der Waals surface area (Å²) in [5.74, 6) is -0.917. The van der Waals surface area contributed by atoms with Crippen LogP contribution in [0.1, 0.15) is 66.5 Å². The molecule has 2 amide bonds. The third-order valence-electron chi connectivity index (χ3n) is 4.18. The summed E-state index contributed by atoms with van der Waals surface area (Å²) in [6.45, 7) is 14.6. The number of aliphatic carboxylic acids is 1. The van der Waals surface area contributed by atoms with E-state index in [9.17, 15) is 24.3 Å². The molecule has 9 nitrogen and oxygen atoms in total. The highest BCUT2D eigenvalue weighted by Crippen LogP contribution is 2.30. The van der Waals surface area contributed by atoms with Crippen LogP contribution in [-0.4, -0.2) is 50.3 Å². The summed E-state index contributed by atoms with van der Waals surface area (Å²) in [5, 5.41) is 9.54. The number of hydrogen-bond donors (Lipinski definition) is 1. The van der Waals surface area contributed by atoms with Gasteiger partial charge in [0.1, 0.15) is 11.2 Å². The second kappa shape index (κ2) is 10.5. The maximum Gasteiger partial charge on any atom is 0.425 e. The van der Waals surface area contributed by atoms with Crippen molar-refractivity contribution in [3.8, 4) is 0 Å². The van der Waals surface area contributed by atoms with Gasteiger partial charge >= 0.3 is 18.2 Å². The van der Waals surface area contributed by atoms with Crippen molar-refractivity contribution in [3.63, 3.8) is 0 Å². The van der Waals surface area contributed by atoms with Gasteiger partial charge in [0, 0.05) is 18.9 Å². The van der Waals surface area contributed by atoms with Crippen molar-refractivity contribution in [2.45, 2.75) is 79.9 Å². The number of aryl methyl sites for hydroxylation is 1. The third kappa shape index (κ3) is 9.03. The molecule has 0 fully saturated rings. The summed E-state index contributed by atoms with van der Waals surface area (Å²) < 4.78 is 10.8. The average Bonchev–Trinajstić information content (AvgIpc) is 2.59. The molecule has 0 aliphatic heterocycles. The SMILES string of the molecule is CC(=O)SCC(C)(Cc1cnc(N(C(=O)OC(C)(C)C)C(=O)OC(C)(C)C)c(C)c1)C(=O)O. The quantitative estimate of drug-likeness (QED) is 0.598. The molecule has 0 aliphatic rings. The number of pyridine rings is 1. The summed E-state index contributed by atoms with van der Waals surface area (Å²) in [6.07, 6.45) is -0.360. The summed E-state index contributed by atoms with van der Waals surface area (Å²) in [5.41, 5.74) is -1.89. The second-order valence-electron chi connectivity index (χ2n) is 10.1. The van der Waals surface area contributed by atoms with E-state index >= 15 is 0 Å². The van der Waals surface area contributed by atoms with E-state index in [0.717, 1.165) is 16.7 Å². The van der Waals surface area contributed by atoms with Crippen LogP contribution in [-0.2, 0) is 25.5 Å². The number of anilines is 1. The predicted octanol–water partition coefficient (Wildman–Crippen LogP) is 4.98. The lowest BCUT2D eigenvalue weighted by Crippen LogP contribution is -2.44. The van der Waals surface area contributed by atoms with Gasteiger partial charge in [-0.25, -0.2) is 14.6 Å². The first-order valence-corrected chi connectivity index (χ1v) is 11.4. The molecule has 0 aromatic carbocycles. The van der Waals surface area contributed by atoms with E-state index in [1.807, 2.05) is 0 Å². The number of rotatable bonds is 6. The number of nitrogens with zero attached hydrogens (tertiary/aromatic N) is 2. The maximum absolute atomic E-state index is 12.8. The molecule has 0 aliphatic carbocycles. The van der Waals surface area contributed by atoms with Gasteiger partial charge in [-0.1, -0.05) is 17.8 Å². The van der Waals surface area contributed by atoms with Gasteiger partial charge in [-0.05, 0) is 72.9 Å². The van der Waals surface area contributed by atoms with Gasteiger partial charge in [0.2, 0.25) is 0 Å². The molecule has 0 bridgehead atoms. The largest absolute Gasteiger partial charge is 0.481 e.